The van der Waals surface area contributed by atoms with E-state index < -0.39 is 5.97 Å². The van der Waals surface area contributed by atoms with Crippen LogP contribution in [0, 0.1) is 6.92 Å². The zero-order chi connectivity index (χ0) is 19.4. The van der Waals surface area contributed by atoms with E-state index in [-0.39, 0.29) is 12.0 Å². The highest BCUT2D eigenvalue weighted by molar-refractivity contribution is 5.90. The van der Waals surface area contributed by atoms with Gasteiger partial charge in [-0.2, -0.15) is 5.10 Å². The molecule has 1 fully saturated rings. The maximum Gasteiger partial charge on any atom is 0.341 e. The lowest BCUT2D eigenvalue weighted by Crippen LogP contribution is -2.34. The van der Waals surface area contributed by atoms with Crippen molar-refractivity contribution in [2.45, 2.75) is 39.3 Å². The Morgan fingerprint density at radius 3 is 2.70 bits per heavy atom. The number of hydrogen-bond acceptors (Lipinski definition) is 5. The van der Waals surface area contributed by atoms with Crippen molar-refractivity contribution in [3.05, 3.63) is 52.8 Å². The van der Waals surface area contributed by atoms with E-state index in [9.17, 15) is 9.59 Å². The molecule has 7 nitrogen and oxygen atoms in total. The summed E-state index contributed by atoms with van der Waals surface area (Å²) in [5, 5.41) is 13.5. The molecule has 1 aliphatic rings. The Balaban J connectivity index is 1.60. The van der Waals surface area contributed by atoms with Crippen LogP contribution >= 0.6 is 0 Å². The number of nitrogens with zero attached hydrogens (tertiary/aromatic N) is 3. The van der Waals surface area contributed by atoms with Gasteiger partial charge in [-0.1, -0.05) is 12.1 Å². The smallest absolute Gasteiger partial charge is 0.341 e. The third-order valence-corrected chi connectivity index (χ3v) is 5.02. The van der Waals surface area contributed by atoms with Gasteiger partial charge in [0.2, 0.25) is 0 Å². The van der Waals surface area contributed by atoms with Crippen molar-refractivity contribution in [2.75, 3.05) is 19.7 Å². The Morgan fingerprint density at radius 1 is 1.30 bits per heavy atom. The van der Waals surface area contributed by atoms with Crippen LogP contribution in [-0.4, -0.2) is 51.4 Å². The Morgan fingerprint density at radius 2 is 2.04 bits per heavy atom. The lowest BCUT2D eigenvalue weighted by molar-refractivity contribution is 0.0524. The van der Waals surface area contributed by atoms with Gasteiger partial charge in [0.05, 0.1) is 30.1 Å². The fraction of sp³-hybridized carbons (Fsp3) is 0.450. The first-order chi connectivity index (χ1) is 13.0. The minimum Gasteiger partial charge on any atom is -0.478 e. The van der Waals surface area contributed by atoms with Crippen LogP contribution in [0.3, 0.4) is 0 Å². The molecule has 0 bridgehead atoms. The summed E-state index contributed by atoms with van der Waals surface area (Å²) in [6.07, 6.45) is 3.46. The van der Waals surface area contributed by atoms with Crippen LogP contribution in [0.25, 0.3) is 0 Å². The van der Waals surface area contributed by atoms with Gasteiger partial charge >= 0.3 is 11.9 Å². The van der Waals surface area contributed by atoms with Crippen LogP contribution in [0.15, 0.2) is 30.5 Å². The van der Waals surface area contributed by atoms with Gasteiger partial charge < -0.3 is 9.84 Å². The molecule has 0 radical (unpaired) electrons. The SMILES string of the molecule is CCOC(=O)c1cnn(C2CCN(Cc3cccc(C(=O)O)c3)CC2)c1C. The predicted molar refractivity (Wildman–Crippen MR) is 99.9 cm³/mol. The monoisotopic (exact) mass is 371 g/mol. The third kappa shape index (κ3) is 4.36. The zero-order valence-electron chi connectivity index (χ0n) is 15.7. The van der Waals surface area contributed by atoms with Crippen LogP contribution < -0.4 is 0 Å². The van der Waals surface area contributed by atoms with Gasteiger partial charge in [0, 0.05) is 19.6 Å². The molecule has 2 heterocycles. The Bertz CT molecular complexity index is 822. The number of benzene rings is 1. The fourth-order valence-corrected chi connectivity index (χ4v) is 3.58. The third-order valence-electron chi connectivity index (χ3n) is 5.02. The Hall–Kier alpha value is -2.67. The van der Waals surface area contributed by atoms with Gasteiger partial charge in [-0.05, 0) is 44.4 Å². The van der Waals surface area contributed by atoms with E-state index in [2.05, 4.69) is 10.00 Å². The highest BCUT2D eigenvalue weighted by Crippen LogP contribution is 2.26. The highest BCUT2D eigenvalue weighted by Gasteiger charge is 2.25. The van der Waals surface area contributed by atoms with Gasteiger partial charge in [-0.3, -0.25) is 9.58 Å². The van der Waals surface area contributed by atoms with Crippen LogP contribution in [0.1, 0.15) is 57.8 Å². The van der Waals surface area contributed by atoms with Crippen LogP contribution in [0.5, 0.6) is 0 Å². The lowest BCUT2D eigenvalue weighted by atomic mass is 10.0. The topological polar surface area (TPSA) is 84.7 Å². The summed E-state index contributed by atoms with van der Waals surface area (Å²) in [7, 11) is 0. The van der Waals surface area contributed by atoms with Crippen molar-refractivity contribution in [3.63, 3.8) is 0 Å². The molecule has 1 aromatic carbocycles. The second kappa shape index (κ2) is 8.35. The maximum atomic E-state index is 12.0. The van der Waals surface area contributed by atoms with E-state index in [1.807, 2.05) is 17.7 Å². The first-order valence-electron chi connectivity index (χ1n) is 9.25. The predicted octanol–water partition coefficient (Wildman–Crippen LogP) is 2.90. The largest absolute Gasteiger partial charge is 0.478 e. The number of esters is 1. The van der Waals surface area contributed by atoms with E-state index in [1.165, 1.54) is 0 Å². The summed E-state index contributed by atoms with van der Waals surface area (Å²) in [5.41, 5.74) is 2.71. The molecule has 144 valence electrons. The summed E-state index contributed by atoms with van der Waals surface area (Å²) in [6, 6.07) is 7.35. The average Bonchev–Trinajstić information content (AvgIpc) is 3.04. The number of aromatic nitrogens is 2. The highest BCUT2D eigenvalue weighted by atomic mass is 16.5. The minimum absolute atomic E-state index is 0.259. The lowest BCUT2D eigenvalue weighted by Gasteiger charge is -2.32. The second-order valence-electron chi connectivity index (χ2n) is 6.82. The van der Waals surface area contributed by atoms with E-state index in [1.54, 1.807) is 31.3 Å². The van der Waals surface area contributed by atoms with Gasteiger partial charge in [0.25, 0.3) is 0 Å². The summed E-state index contributed by atoms with van der Waals surface area (Å²) in [5.74, 6) is -1.22. The molecule has 0 aliphatic carbocycles. The number of likely N-dealkylation sites (tertiary alicyclic amines) is 1. The van der Waals surface area contributed by atoms with Gasteiger partial charge in [0.15, 0.2) is 0 Å². The number of aromatic carboxylic acids is 1. The van der Waals surface area contributed by atoms with E-state index >= 15 is 0 Å². The molecule has 3 rings (SSSR count). The van der Waals surface area contributed by atoms with E-state index in [0.29, 0.717) is 17.7 Å². The average molecular weight is 371 g/mol. The molecular weight excluding hydrogens is 346 g/mol. The number of piperidine rings is 1. The number of carboxylic acids is 1. The van der Waals surface area contributed by atoms with Crippen molar-refractivity contribution in [1.82, 2.24) is 14.7 Å². The summed E-state index contributed by atoms with van der Waals surface area (Å²) >= 11 is 0. The Kier molecular flexibility index (Phi) is 5.91. The minimum atomic E-state index is -0.901. The summed E-state index contributed by atoms with van der Waals surface area (Å²) < 4.78 is 7.02. The number of rotatable bonds is 6. The second-order valence-corrected chi connectivity index (χ2v) is 6.82. The maximum absolute atomic E-state index is 12.0. The van der Waals surface area contributed by atoms with Crippen molar-refractivity contribution in [3.8, 4) is 0 Å². The number of ether oxygens (including phenoxy) is 1. The number of carbonyl (C=O) groups is 2. The van der Waals surface area contributed by atoms with Crippen molar-refractivity contribution < 1.29 is 19.4 Å². The van der Waals surface area contributed by atoms with Crippen LogP contribution in [0.2, 0.25) is 0 Å². The van der Waals surface area contributed by atoms with E-state index in [0.717, 1.165) is 43.7 Å². The zero-order valence-corrected chi connectivity index (χ0v) is 15.7. The molecule has 2 aromatic rings. The molecule has 1 saturated heterocycles. The number of carboxylic acid groups (broad SMARTS) is 1. The quantitative estimate of drug-likeness (QED) is 0.786. The normalized spacial score (nSPS) is 15.6. The molecule has 0 atom stereocenters. The molecular formula is C20H25N3O4. The first kappa shape index (κ1) is 19.1. The molecule has 1 aromatic heterocycles. The van der Waals surface area contributed by atoms with Crippen molar-refractivity contribution >= 4 is 11.9 Å². The van der Waals surface area contributed by atoms with Crippen molar-refractivity contribution in [1.29, 1.82) is 0 Å². The number of hydrogen-bond donors (Lipinski definition) is 1. The van der Waals surface area contributed by atoms with Gasteiger partial charge in [0.1, 0.15) is 5.56 Å². The molecule has 0 saturated carbocycles. The summed E-state index contributed by atoms with van der Waals surface area (Å²) in [6.45, 7) is 6.58. The fourth-order valence-electron chi connectivity index (χ4n) is 3.58. The van der Waals surface area contributed by atoms with E-state index in [4.69, 9.17) is 9.84 Å². The standard InChI is InChI=1S/C20H25N3O4/c1-3-27-20(26)18-12-21-23(14(18)2)17-7-9-22(10-8-17)13-15-5-4-6-16(11-15)19(24)25/h4-6,11-12,17H,3,7-10,13H2,1-2H3,(H,24,25). The summed E-state index contributed by atoms with van der Waals surface area (Å²) in [4.78, 5) is 25.4. The van der Waals surface area contributed by atoms with Crippen molar-refractivity contribution in [2.24, 2.45) is 0 Å². The van der Waals surface area contributed by atoms with Gasteiger partial charge in [-0.25, -0.2) is 9.59 Å². The Labute approximate surface area is 158 Å². The molecule has 27 heavy (non-hydrogen) atoms. The van der Waals surface area contributed by atoms with Crippen LogP contribution in [-0.2, 0) is 11.3 Å². The molecule has 0 amide bonds. The molecule has 7 heteroatoms. The molecule has 0 spiro atoms. The van der Waals surface area contributed by atoms with Crippen LogP contribution in [0.4, 0.5) is 0 Å². The number of carbonyl (C=O) groups excluding carboxylic acids is 1. The van der Waals surface area contributed by atoms with Gasteiger partial charge in [-0.15, -0.1) is 0 Å². The molecule has 1 N–H and O–H groups in total. The first-order valence-corrected chi connectivity index (χ1v) is 9.25. The molecule has 0 unspecified atom stereocenters. The molecule has 1 aliphatic heterocycles.